The predicted octanol–water partition coefficient (Wildman–Crippen LogP) is 3.60. The highest BCUT2D eigenvalue weighted by molar-refractivity contribution is 5.25. The summed E-state index contributed by atoms with van der Waals surface area (Å²) in [4.78, 5) is 4.35. The molecule has 23 heavy (non-hydrogen) atoms. The Labute approximate surface area is 138 Å². The van der Waals surface area contributed by atoms with Crippen LogP contribution in [0.25, 0.3) is 0 Å². The van der Waals surface area contributed by atoms with Gasteiger partial charge in [0.25, 0.3) is 0 Å². The van der Waals surface area contributed by atoms with Gasteiger partial charge in [-0.15, -0.1) is 0 Å². The number of rotatable bonds is 6. The summed E-state index contributed by atoms with van der Waals surface area (Å²) in [7, 11) is 0. The summed E-state index contributed by atoms with van der Waals surface area (Å²) in [5.74, 6) is 0.643. The van der Waals surface area contributed by atoms with Crippen molar-refractivity contribution in [3.05, 3.63) is 59.3 Å². The fourth-order valence-electron chi connectivity index (χ4n) is 2.24. The molecule has 1 heterocycles. The molecule has 0 aliphatic heterocycles. The largest absolute Gasteiger partial charge is 0.472 e. The van der Waals surface area contributed by atoms with E-state index in [0.717, 1.165) is 23.2 Å². The van der Waals surface area contributed by atoms with Crippen molar-refractivity contribution in [3.8, 4) is 5.88 Å². The molecule has 0 radical (unpaired) electrons. The van der Waals surface area contributed by atoms with Crippen molar-refractivity contribution < 1.29 is 9.84 Å². The zero-order valence-corrected chi connectivity index (χ0v) is 14.3. The molecule has 2 aromatic rings. The van der Waals surface area contributed by atoms with Crippen LogP contribution in [0.4, 0.5) is 0 Å². The Morgan fingerprint density at radius 2 is 1.96 bits per heavy atom. The highest BCUT2D eigenvalue weighted by atomic mass is 16.5. The molecule has 0 saturated heterocycles. The first kappa shape index (κ1) is 17.4. The van der Waals surface area contributed by atoms with E-state index in [1.165, 1.54) is 0 Å². The number of benzene rings is 1. The molecule has 4 heteroatoms. The lowest BCUT2D eigenvalue weighted by atomic mass is 10.1. The molecule has 2 rings (SSSR count). The van der Waals surface area contributed by atoms with Crippen molar-refractivity contribution in [1.82, 2.24) is 10.3 Å². The van der Waals surface area contributed by atoms with E-state index in [-0.39, 0.29) is 18.2 Å². The summed E-state index contributed by atoms with van der Waals surface area (Å²) in [6, 6.07) is 12.1. The van der Waals surface area contributed by atoms with Gasteiger partial charge in [-0.3, -0.25) is 0 Å². The molecule has 1 unspecified atom stereocenters. The third-order valence-electron chi connectivity index (χ3n) is 3.45. The maximum atomic E-state index is 9.22. The van der Waals surface area contributed by atoms with Gasteiger partial charge in [-0.2, -0.15) is 0 Å². The minimum absolute atomic E-state index is 0.0692. The zero-order valence-electron chi connectivity index (χ0n) is 14.3. The third-order valence-corrected chi connectivity index (χ3v) is 3.45. The van der Waals surface area contributed by atoms with Crippen molar-refractivity contribution >= 4 is 0 Å². The van der Waals surface area contributed by atoms with E-state index in [0.29, 0.717) is 5.88 Å². The molecule has 1 aromatic heterocycles. The number of hydrogen-bond acceptors (Lipinski definition) is 4. The van der Waals surface area contributed by atoms with Gasteiger partial charge in [-0.1, -0.05) is 30.3 Å². The van der Waals surface area contributed by atoms with Crippen molar-refractivity contribution in [2.75, 3.05) is 0 Å². The molecule has 0 saturated carbocycles. The second kappa shape index (κ2) is 7.57. The average Bonchev–Trinajstić information content (AvgIpc) is 2.52. The topological polar surface area (TPSA) is 54.4 Å². The number of nitrogens with zero attached hydrogens (tertiary/aromatic N) is 1. The predicted molar refractivity (Wildman–Crippen MR) is 92.2 cm³/mol. The Morgan fingerprint density at radius 3 is 2.57 bits per heavy atom. The molecule has 1 atom stereocenters. The molecule has 124 valence electrons. The normalized spacial score (nSPS) is 12.9. The van der Waals surface area contributed by atoms with Crippen LogP contribution in [0.2, 0.25) is 0 Å². The summed E-state index contributed by atoms with van der Waals surface area (Å²) in [6.45, 7) is 8.93. The summed E-state index contributed by atoms with van der Waals surface area (Å²) >= 11 is 0. The van der Waals surface area contributed by atoms with Crippen molar-refractivity contribution in [1.29, 1.82) is 0 Å². The van der Waals surface area contributed by atoms with Crippen LogP contribution < -0.4 is 10.1 Å². The highest BCUT2D eigenvalue weighted by Crippen LogP contribution is 2.17. The Hall–Kier alpha value is -1.91. The fourth-order valence-corrected chi connectivity index (χ4v) is 2.24. The van der Waals surface area contributed by atoms with Crippen molar-refractivity contribution in [2.45, 2.75) is 52.5 Å². The minimum atomic E-state index is -0.237. The van der Waals surface area contributed by atoms with Gasteiger partial charge in [0.1, 0.15) is 5.60 Å². The standard InChI is InChI=1S/C19H26N2O2/c1-14(17-7-5-6-15(10-17)13-22)20-11-16-8-9-18(21-12-16)23-19(2,3)4/h5-10,12,14,20,22H,11,13H2,1-4H3. The van der Waals surface area contributed by atoms with Gasteiger partial charge in [0, 0.05) is 24.8 Å². The van der Waals surface area contributed by atoms with Gasteiger partial charge in [-0.05, 0) is 44.4 Å². The quantitative estimate of drug-likeness (QED) is 0.855. The van der Waals surface area contributed by atoms with Gasteiger partial charge in [0.2, 0.25) is 5.88 Å². The second-order valence-corrected chi connectivity index (χ2v) is 6.72. The molecule has 1 aromatic carbocycles. The highest BCUT2D eigenvalue weighted by Gasteiger charge is 2.12. The van der Waals surface area contributed by atoms with Crippen LogP contribution in [0.15, 0.2) is 42.6 Å². The third kappa shape index (κ3) is 5.66. The number of aromatic nitrogens is 1. The zero-order chi connectivity index (χ0) is 16.9. The fraction of sp³-hybridized carbons (Fsp3) is 0.421. The lowest BCUT2D eigenvalue weighted by Gasteiger charge is -2.20. The number of nitrogens with one attached hydrogen (secondary N) is 1. The number of pyridine rings is 1. The lowest BCUT2D eigenvalue weighted by Crippen LogP contribution is -2.23. The number of hydrogen-bond donors (Lipinski definition) is 2. The van der Waals surface area contributed by atoms with Crippen LogP contribution in [0.3, 0.4) is 0 Å². The molecule has 0 aliphatic carbocycles. The minimum Gasteiger partial charge on any atom is -0.472 e. The van der Waals surface area contributed by atoms with Crippen molar-refractivity contribution in [3.63, 3.8) is 0 Å². The Balaban J connectivity index is 1.92. The Kier molecular flexibility index (Phi) is 5.74. The molecule has 0 bridgehead atoms. The van der Waals surface area contributed by atoms with E-state index >= 15 is 0 Å². The van der Waals surface area contributed by atoms with E-state index < -0.39 is 0 Å². The molecule has 0 spiro atoms. The first-order valence-corrected chi connectivity index (χ1v) is 7.94. The summed E-state index contributed by atoms with van der Waals surface area (Å²) in [6.07, 6.45) is 1.84. The maximum Gasteiger partial charge on any atom is 0.213 e. The van der Waals surface area contributed by atoms with E-state index in [2.05, 4.69) is 23.3 Å². The van der Waals surface area contributed by atoms with E-state index in [1.54, 1.807) is 0 Å². The SMILES string of the molecule is CC(NCc1ccc(OC(C)(C)C)nc1)c1cccc(CO)c1. The Bertz CT molecular complexity index is 618. The van der Waals surface area contributed by atoms with Gasteiger partial charge in [0.05, 0.1) is 6.61 Å². The monoisotopic (exact) mass is 314 g/mol. The molecule has 4 nitrogen and oxygen atoms in total. The van der Waals surface area contributed by atoms with Crippen molar-refractivity contribution in [2.24, 2.45) is 0 Å². The number of aliphatic hydroxyl groups is 1. The molecule has 2 N–H and O–H groups in total. The number of aliphatic hydroxyl groups excluding tert-OH is 1. The van der Waals surface area contributed by atoms with E-state index in [9.17, 15) is 5.11 Å². The first-order chi connectivity index (χ1) is 10.9. The van der Waals surface area contributed by atoms with E-state index in [1.807, 2.05) is 57.3 Å². The van der Waals surface area contributed by atoms with Crippen LogP contribution >= 0.6 is 0 Å². The molecular weight excluding hydrogens is 288 g/mol. The van der Waals surface area contributed by atoms with E-state index in [4.69, 9.17) is 4.74 Å². The summed E-state index contributed by atoms with van der Waals surface area (Å²) in [5, 5.41) is 12.7. The molecule has 0 fully saturated rings. The van der Waals surface area contributed by atoms with Crippen LogP contribution in [0.5, 0.6) is 5.88 Å². The molecule has 0 aliphatic rings. The Morgan fingerprint density at radius 1 is 1.17 bits per heavy atom. The van der Waals surface area contributed by atoms with Gasteiger partial charge in [-0.25, -0.2) is 4.98 Å². The summed E-state index contributed by atoms with van der Waals surface area (Å²) in [5.41, 5.74) is 2.97. The molecule has 0 amide bonds. The number of ether oxygens (including phenoxy) is 1. The lowest BCUT2D eigenvalue weighted by molar-refractivity contribution is 0.124. The van der Waals surface area contributed by atoms with Crippen LogP contribution in [0, 0.1) is 0 Å². The first-order valence-electron chi connectivity index (χ1n) is 7.94. The summed E-state index contributed by atoms with van der Waals surface area (Å²) < 4.78 is 5.72. The average molecular weight is 314 g/mol. The second-order valence-electron chi connectivity index (χ2n) is 6.72. The molecular formula is C19H26N2O2. The van der Waals surface area contributed by atoms with Crippen LogP contribution in [0.1, 0.15) is 50.4 Å². The smallest absolute Gasteiger partial charge is 0.213 e. The van der Waals surface area contributed by atoms with Gasteiger partial charge < -0.3 is 15.2 Å². The maximum absolute atomic E-state index is 9.22. The van der Waals surface area contributed by atoms with Gasteiger partial charge >= 0.3 is 0 Å². The van der Waals surface area contributed by atoms with Crippen LogP contribution in [-0.4, -0.2) is 15.7 Å². The van der Waals surface area contributed by atoms with Crippen LogP contribution in [-0.2, 0) is 13.2 Å². The van der Waals surface area contributed by atoms with Gasteiger partial charge in [0.15, 0.2) is 0 Å².